The van der Waals surface area contributed by atoms with Crippen LogP contribution in [-0.4, -0.2) is 16.4 Å². The summed E-state index contributed by atoms with van der Waals surface area (Å²) in [5, 5.41) is 2.79. The van der Waals surface area contributed by atoms with Crippen molar-refractivity contribution >= 4 is 28.5 Å². The lowest BCUT2D eigenvalue weighted by Crippen LogP contribution is -2.32. The lowest BCUT2D eigenvalue weighted by Gasteiger charge is -2.09. The van der Waals surface area contributed by atoms with Crippen molar-refractivity contribution in [3.8, 4) is 0 Å². The molecule has 2 nitrogen and oxygen atoms in total. The fraction of sp³-hybridized carbons (Fsp3) is 0.250. The van der Waals surface area contributed by atoms with Gasteiger partial charge < -0.3 is 5.32 Å². The third-order valence-electron chi connectivity index (χ3n) is 1.96. The standard InChI is InChI=1S/C12H14INO/c1-2-8-14-12(15)11(13)9-10-6-4-3-5-7-10/h2-7,11H,1,8-9H2,(H,14,15). The maximum atomic E-state index is 11.5. The fourth-order valence-electron chi connectivity index (χ4n) is 1.20. The highest BCUT2D eigenvalue weighted by atomic mass is 127. The Hall–Kier alpha value is -0.840. The van der Waals surface area contributed by atoms with Crippen molar-refractivity contribution in [2.75, 3.05) is 6.54 Å². The van der Waals surface area contributed by atoms with Gasteiger partial charge in [0, 0.05) is 6.54 Å². The van der Waals surface area contributed by atoms with Gasteiger partial charge in [-0.3, -0.25) is 4.79 Å². The summed E-state index contributed by atoms with van der Waals surface area (Å²) in [6.45, 7) is 4.09. The van der Waals surface area contributed by atoms with E-state index in [1.165, 1.54) is 5.56 Å². The maximum absolute atomic E-state index is 11.5. The van der Waals surface area contributed by atoms with Crippen LogP contribution in [0.2, 0.25) is 0 Å². The second-order valence-corrected chi connectivity index (χ2v) is 4.69. The molecular formula is C12H14INO. The number of benzene rings is 1. The zero-order chi connectivity index (χ0) is 11.1. The average Bonchev–Trinajstić information content (AvgIpc) is 2.27. The van der Waals surface area contributed by atoms with Crippen LogP contribution in [0.4, 0.5) is 0 Å². The van der Waals surface area contributed by atoms with Crippen molar-refractivity contribution in [1.82, 2.24) is 5.32 Å². The number of hydrogen-bond acceptors (Lipinski definition) is 1. The Labute approximate surface area is 104 Å². The highest BCUT2D eigenvalue weighted by molar-refractivity contribution is 14.1. The molecule has 1 amide bonds. The van der Waals surface area contributed by atoms with Gasteiger partial charge in [0.2, 0.25) is 5.91 Å². The van der Waals surface area contributed by atoms with E-state index in [1.807, 2.05) is 30.3 Å². The molecule has 0 aliphatic rings. The third-order valence-corrected chi connectivity index (χ3v) is 2.97. The molecule has 0 saturated carbocycles. The first-order valence-electron chi connectivity index (χ1n) is 4.80. The zero-order valence-electron chi connectivity index (χ0n) is 8.45. The molecule has 0 spiro atoms. The number of alkyl halides is 1. The second-order valence-electron chi connectivity index (χ2n) is 3.19. The maximum Gasteiger partial charge on any atom is 0.233 e. The van der Waals surface area contributed by atoms with Crippen LogP contribution in [0.15, 0.2) is 43.0 Å². The number of amides is 1. The van der Waals surface area contributed by atoms with Gasteiger partial charge in [-0.25, -0.2) is 0 Å². The van der Waals surface area contributed by atoms with Crippen molar-refractivity contribution in [3.63, 3.8) is 0 Å². The van der Waals surface area contributed by atoms with Gasteiger partial charge in [-0.15, -0.1) is 6.58 Å². The van der Waals surface area contributed by atoms with Crippen LogP contribution in [-0.2, 0) is 11.2 Å². The minimum atomic E-state index is -0.0232. The van der Waals surface area contributed by atoms with E-state index in [9.17, 15) is 4.79 Å². The molecule has 0 aliphatic carbocycles. The van der Waals surface area contributed by atoms with Gasteiger partial charge >= 0.3 is 0 Å². The van der Waals surface area contributed by atoms with Crippen LogP contribution in [0.5, 0.6) is 0 Å². The molecule has 0 heterocycles. The lowest BCUT2D eigenvalue weighted by molar-refractivity contribution is -0.120. The molecule has 1 aromatic rings. The van der Waals surface area contributed by atoms with E-state index in [-0.39, 0.29) is 9.83 Å². The average molecular weight is 315 g/mol. The van der Waals surface area contributed by atoms with Gasteiger partial charge in [0.05, 0.1) is 3.92 Å². The Balaban J connectivity index is 2.45. The summed E-state index contributed by atoms with van der Waals surface area (Å²) >= 11 is 2.16. The third kappa shape index (κ3) is 4.46. The summed E-state index contributed by atoms with van der Waals surface area (Å²) in [6, 6.07) is 10.0. The molecular weight excluding hydrogens is 301 g/mol. The zero-order valence-corrected chi connectivity index (χ0v) is 10.6. The number of halogens is 1. The Kier molecular flexibility index (Phi) is 5.39. The first-order valence-corrected chi connectivity index (χ1v) is 6.05. The quantitative estimate of drug-likeness (QED) is 0.504. The molecule has 0 radical (unpaired) electrons. The molecule has 1 unspecified atom stereocenters. The Morgan fingerprint density at radius 3 is 2.73 bits per heavy atom. The van der Waals surface area contributed by atoms with E-state index in [0.717, 1.165) is 6.42 Å². The molecule has 15 heavy (non-hydrogen) atoms. The minimum Gasteiger partial charge on any atom is -0.352 e. The SMILES string of the molecule is C=CCNC(=O)C(I)Cc1ccccc1. The first-order chi connectivity index (χ1) is 7.24. The van der Waals surface area contributed by atoms with Crippen molar-refractivity contribution < 1.29 is 4.79 Å². The van der Waals surface area contributed by atoms with E-state index in [1.54, 1.807) is 6.08 Å². The van der Waals surface area contributed by atoms with Gasteiger partial charge in [0.15, 0.2) is 0 Å². The van der Waals surface area contributed by atoms with Crippen molar-refractivity contribution in [3.05, 3.63) is 48.6 Å². The first kappa shape index (κ1) is 12.2. The number of carbonyl (C=O) groups is 1. The van der Waals surface area contributed by atoms with Gasteiger partial charge in [0.1, 0.15) is 0 Å². The molecule has 1 rings (SSSR count). The van der Waals surface area contributed by atoms with Crippen LogP contribution >= 0.6 is 22.6 Å². The highest BCUT2D eigenvalue weighted by Gasteiger charge is 2.13. The number of nitrogens with one attached hydrogen (secondary N) is 1. The number of hydrogen-bond donors (Lipinski definition) is 1. The molecule has 1 N–H and O–H groups in total. The molecule has 1 aromatic carbocycles. The van der Waals surface area contributed by atoms with Gasteiger partial charge in [0.25, 0.3) is 0 Å². The lowest BCUT2D eigenvalue weighted by atomic mass is 10.1. The molecule has 0 bridgehead atoms. The highest BCUT2D eigenvalue weighted by Crippen LogP contribution is 2.10. The van der Waals surface area contributed by atoms with Crippen LogP contribution in [0, 0.1) is 0 Å². The fourth-order valence-corrected chi connectivity index (χ4v) is 1.93. The van der Waals surface area contributed by atoms with E-state index in [2.05, 4.69) is 34.5 Å². The normalized spacial score (nSPS) is 11.8. The van der Waals surface area contributed by atoms with Crippen LogP contribution in [0.1, 0.15) is 5.56 Å². The summed E-state index contributed by atoms with van der Waals surface area (Å²) < 4.78 is -0.0232. The van der Waals surface area contributed by atoms with E-state index in [4.69, 9.17) is 0 Å². The summed E-state index contributed by atoms with van der Waals surface area (Å²) in [4.78, 5) is 11.5. The van der Waals surface area contributed by atoms with Gasteiger partial charge in [-0.05, 0) is 12.0 Å². The van der Waals surface area contributed by atoms with Crippen LogP contribution < -0.4 is 5.32 Å². The Morgan fingerprint density at radius 1 is 1.47 bits per heavy atom. The molecule has 80 valence electrons. The molecule has 1 atom stereocenters. The monoisotopic (exact) mass is 315 g/mol. The number of rotatable bonds is 5. The van der Waals surface area contributed by atoms with Crippen LogP contribution in [0.25, 0.3) is 0 Å². The molecule has 3 heteroatoms. The van der Waals surface area contributed by atoms with E-state index < -0.39 is 0 Å². The largest absolute Gasteiger partial charge is 0.352 e. The Bertz CT molecular complexity index is 324. The van der Waals surface area contributed by atoms with E-state index in [0.29, 0.717) is 6.54 Å². The Morgan fingerprint density at radius 2 is 2.13 bits per heavy atom. The van der Waals surface area contributed by atoms with Crippen LogP contribution in [0.3, 0.4) is 0 Å². The summed E-state index contributed by atoms with van der Waals surface area (Å²) in [7, 11) is 0. The van der Waals surface area contributed by atoms with Crippen molar-refractivity contribution in [1.29, 1.82) is 0 Å². The summed E-state index contributed by atoms with van der Waals surface area (Å²) in [5.41, 5.74) is 1.19. The molecule has 0 aromatic heterocycles. The molecule has 0 aliphatic heterocycles. The second kappa shape index (κ2) is 6.61. The van der Waals surface area contributed by atoms with Gasteiger partial charge in [-0.2, -0.15) is 0 Å². The van der Waals surface area contributed by atoms with Gasteiger partial charge in [-0.1, -0.05) is 59.0 Å². The van der Waals surface area contributed by atoms with Crippen molar-refractivity contribution in [2.24, 2.45) is 0 Å². The predicted molar refractivity (Wildman–Crippen MR) is 71.2 cm³/mol. The predicted octanol–water partition coefficient (Wildman–Crippen LogP) is 2.33. The number of carbonyl (C=O) groups excluding carboxylic acids is 1. The minimum absolute atomic E-state index is 0.0232. The smallest absolute Gasteiger partial charge is 0.233 e. The summed E-state index contributed by atoms with van der Waals surface area (Å²) in [6.07, 6.45) is 2.45. The van der Waals surface area contributed by atoms with Crippen molar-refractivity contribution in [2.45, 2.75) is 10.3 Å². The summed E-state index contributed by atoms with van der Waals surface area (Å²) in [5.74, 6) is 0.0688. The van der Waals surface area contributed by atoms with E-state index >= 15 is 0 Å². The molecule has 0 saturated heterocycles. The molecule has 0 fully saturated rings. The topological polar surface area (TPSA) is 29.1 Å².